The van der Waals surface area contributed by atoms with Crippen molar-refractivity contribution in [2.75, 3.05) is 7.11 Å². The van der Waals surface area contributed by atoms with Crippen LogP contribution in [-0.4, -0.2) is 22.6 Å². The quantitative estimate of drug-likeness (QED) is 0.559. The molecule has 1 heterocycles. The molecular formula is C7H8N2O4. The van der Waals surface area contributed by atoms with Crippen LogP contribution in [-0.2, 0) is 11.8 Å². The molecular weight excluding hydrogens is 176 g/mol. The van der Waals surface area contributed by atoms with Gasteiger partial charge in [0.05, 0.1) is 7.11 Å². The summed E-state index contributed by atoms with van der Waals surface area (Å²) in [6.45, 7) is 0. The molecule has 70 valence electrons. The molecule has 0 atom stereocenters. The van der Waals surface area contributed by atoms with Crippen molar-refractivity contribution < 1.29 is 9.53 Å². The number of methoxy groups -OCH3 is 1. The Balaban J connectivity index is 3.46. The van der Waals surface area contributed by atoms with E-state index in [1.807, 2.05) is 4.98 Å². The molecule has 0 saturated heterocycles. The predicted molar refractivity (Wildman–Crippen MR) is 43.6 cm³/mol. The zero-order chi connectivity index (χ0) is 10.0. The number of nitrogens with zero attached hydrogens (tertiary/aromatic N) is 1. The van der Waals surface area contributed by atoms with Crippen molar-refractivity contribution in [1.29, 1.82) is 0 Å². The molecule has 1 rings (SSSR count). The first kappa shape index (κ1) is 9.24. The second-order valence-electron chi connectivity index (χ2n) is 2.37. The van der Waals surface area contributed by atoms with Gasteiger partial charge in [-0.1, -0.05) is 0 Å². The summed E-state index contributed by atoms with van der Waals surface area (Å²) in [7, 11) is 2.54. The summed E-state index contributed by atoms with van der Waals surface area (Å²) in [4.78, 5) is 34.8. The number of hydrogen-bond donors (Lipinski definition) is 1. The van der Waals surface area contributed by atoms with Crippen molar-refractivity contribution in [1.82, 2.24) is 9.55 Å². The monoisotopic (exact) mass is 184 g/mol. The van der Waals surface area contributed by atoms with Crippen LogP contribution in [0, 0.1) is 0 Å². The Labute approximate surface area is 72.8 Å². The highest BCUT2D eigenvalue weighted by atomic mass is 16.5. The summed E-state index contributed by atoms with van der Waals surface area (Å²) in [5.41, 5.74) is -1.34. The Bertz CT molecular complexity index is 443. The van der Waals surface area contributed by atoms with E-state index < -0.39 is 17.2 Å². The smallest absolute Gasteiger partial charge is 0.355 e. The third-order valence-electron chi connectivity index (χ3n) is 1.56. The Kier molecular flexibility index (Phi) is 2.32. The van der Waals surface area contributed by atoms with Crippen molar-refractivity contribution in [3.8, 4) is 0 Å². The Morgan fingerprint density at radius 2 is 2.15 bits per heavy atom. The first-order chi connectivity index (χ1) is 6.06. The Morgan fingerprint density at radius 1 is 1.54 bits per heavy atom. The summed E-state index contributed by atoms with van der Waals surface area (Å²) in [5, 5.41) is 0. The van der Waals surface area contributed by atoms with Crippen molar-refractivity contribution >= 4 is 5.97 Å². The topological polar surface area (TPSA) is 81.2 Å². The molecule has 0 aliphatic carbocycles. The van der Waals surface area contributed by atoms with Gasteiger partial charge in [0.1, 0.15) is 5.69 Å². The fraction of sp³-hybridized carbons (Fsp3) is 0.286. The van der Waals surface area contributed by atoms with Crippen LogP contribution in [0.2, 0.25) is 0 Å². The number of rotatable bonds is 1. The second kappa shape index (κ2) is 3.26. The van der Waals surface area contributed by atoms with E-state index in [0.717, 1.165) is 10.6 Å². The molecule has 0 spiro atoms. The molecule has 0 aromatic carbocycles. The molecule has 13 heavy (non-hydrogen) atoms. The van der Waals surface area contributed by atoms with Crippen molar-refractivity contribution in [3.63, 3.8) is 0 Å². The van der Waals surface area contributed by atoms with Crippen LogP contribution in [0.3, 0.4) is 0 Å². The van der Waals surface area contributed by atoms with Gasteiger partial charge >= 0.3 is 11.7 Å². The molecule has 0 saturated carbocycles. The van der Waals surface area contributed by atoms with E-state index in [-0.39, 0.29) is 5.69 Å². The average Bonchev–Trinajstić information content (AvgIpc) is 2.10. The van der Waals surface area contributed by atoms with Crippen molar-refractivity contribution in [2.45, 2.75) is 0 Å². The van der Waals surface area contributed by atoms with Crippen LogP contribution in [0.15, 0.2) is 15.7 Å². The number of hydrogen-bond acceptors (Lipinski definition) is 4. The highest BCUT2D eigenvalue weighted by molar-refractivity contribution is 5.87. The van der Waals surface area contributed by atoms with Crippen LogP contribution in [0.1, 0.15) is 10.5 Å². The molecule has 0 fully saturated rings. The maximum atomic E-state index is 11.0. The lowest BCUT2D eigenvalue weighted by Gasteiger charge is -2.03. The van der Waals surface area contributed by atoms with Gasteiger partial charge in [-0.2, -0.15) is 0 Å². The number of esters is 1. The summed E-state index contributed by atoms with van der Waals surface area (Å²) in [5.74, 6) is -0.717. The predicted octanol–water partition coefficient (Wildman–Crippen LogP) is -1.14. The van der Waals surface area contributed by atoms with Gasteiger partial charge in [0.25, 0.3) is 5.56 Å². The van der Waals surface area contributed by atoms with Crippen LogP contribution in [0.25, 0.3) is 0 Å². The normalized spacial score (nSPS) is 9.69. The lowest BCUT2D eigenvalue weighted by Crippen LogP contribution is -2.32. The van der Waals surface area contributed by atoms with E-state index in [1.165, 1.54) is 14.2 Å². The van der Waals surface area contributed by atoms with Gasteiger partial charge in [-0.3, -0.25) is 14.3 Å². The fourth-order valence-electron chi connectivity index (χ4n) is 0.856. The number of ether oxygens (including phenoxy) is 1. The van der Waals surface area contributed by atoms with Crippen molar-refractivity contribution in [2.24, 2.45) is 7.05 Å². The minimum Gasteiger partial charge on any atom is -0.464 e. The third-order valence-corrected chi connectivity index (χ3v) is 1.56. The van der Waals surface area contributed by atoms with E-state index >= 15 is 0 Å². The van der Waals surface area contributed by atoms with Gasteiger partial charge < -0.3 is 4.74 Å². The first-order valence-corrected chi connectivity index (χ1v) is 3.45. The van der Waals surface area contributed by atoms with Gasteiger partial charge in [0.15, 0.2) is 0 Å². The number of aromatic nitrogens is 2. The van der Waals surface area contributed by atoms with Crippen LogP contribution in [0.4, 0.5) is 0 Å². The van der Waals surface area contributed by atoms with E-state index in [2.05, 4.69) is 4.74 Å². The van der Waals surface area contributed by atoms with E-state index in [1.54, 1.807) is 0 Å². The average molecular weight is 184 g/mol. The largest absolute Gasteiger partial charge is 0.464 e. The molecule has 1 aromatic rings. The second-order valence-corrected chi connectivity index (χ2v) is 2.37. The van der Waals surface area contributed by atoms with Gasteiger partial charge in [0.2, 0.25) is 0 Å². The lowest BCUT2D eigenvalue weighted by atomic mass is 10.4. The molecule has 6 nitrogen and oxygen atoms in total. The van der Waals surface area contributed by atoms with Crippen LogP contribution in [0.5, 0.6) is 0 Å². The van der Waals surface area contributed by atoms with E-state index in [0.29, 0.717) is 0 Å². The van der Waals surface area contributed by atoms with Crippen molar-refractivity contribution in [3.05, 3.63) is 32.6 Å². The number of nitrogens with one attached hydrogen (secondary N) is 1. The van der Waals surface area contributed by atoms with E-state index in [4.69, 9.17) is 0 Å². The summed E-state index contributed by atoms with van der Waals surface area (Å²) < 4.78 is 5.38. The van der Waals surface area contributed by atoms with Gasteiger partial charge in [-0.15, -0.1) is 0 Å². The van der Waals surface area contributed by atoms with Gasteiger partial charge in [0, 0.05) is 13.1 Å². The molecule has 0 aliphatic heterocycles. The van der Waals surface area contributed by atoms with Crippen LogP contribution >= 0.6 is 0 Å². The summed E-state index contributed by atoms with van der Waals surface area (Å²) in [6, 6.07) is 1.01. The molecule has 0 amide bonds. The van der Waals surface area contributed by atoms with Gasteiger partial charge in [-0.05, 0) is 0 Å². The number of carbonyl (C=O) groups excluding carboxylic acids is 1. The molecule has 1 aromatic heterocycles. The van der Waals surface area contributed by atoms with Gasteiger partial charge in [-0.25, -0.2) is 9.59 Å². The maximum Gasteiger partial charge on any atom is 0.355 e. The zero-order valence-electron chi connectivity index (χ0n) is 7.16. The highest BCUT2D eigenvalue weighted by Crippen LogP contribution is 1.91. The molecule has 0 bridgehead atoms. The molecule has 0 unspecified atom stereocenters. The maximum absolute atomic E-state index is 11.0. The summed E-state index contributed by atoms with van der Waals surface area (Å²) >= 11 is 0. The Morgan fingerprint density at radius 3 is 2.69 bits per heavy atom. The Hall–Kier alpha value is -1.85. The molecule has 1 N–H and O–H groups in total. The molecule has 0 aliphatic rings. The minimum atomic E-state index is -0.717. The zero-order valence-corrected chi connectivity index (χ0v) is 7.16. The fourth-order valence-corrected chi connectivity index (χ4v) is 0.856. The standard InChI is InChI=1S/C7H8N2O4/c1-9-4(6(11)13-2)3-5(10)8-7(9)12/h3H,1-2H3,(H,8,10,12). The number of carbonyl (C=O) groups is 1. The van der Waals surface area contributed by atoms with Crippen LogP contribution < -0.4 is 11.2 Å². The SMILES string of the molecule is COC(=O)c1cc(=O)[nH]c(=O)n1C. The summed E-state index contributed by atoms with van der Waals surface area (Å²) in [6.07, 6.45) is 0. The minimum absolute atomic E-state index is 0.0729. The van der Waals surface area contributed by atoms with E-state index in [9.17, 15) is 14.4 Å². The molecule has 6 heteroatoms. The third kappa shape index (κ3) is 1.66. The number of aromatic amines is 1. The molecule has 0 radical (unpaired) electrons. The number of H-pyrrole nitrogens is 1. The lowest BCUT2D eigenvalue weighted by molar-refractivity contribution is 0.0587. The highest BCUT2D eigenvalue weighted by Gasteiger charge is 2.10. The first-order valence-electron chi connectivity index (χ1n) is 3.45.